The van der Waals surface area contributed by atoms with Crippen LogP contribution in [0.2, 0.25) is 0 Å². The molecule has 0 aliphatic rings. The quantitative estimate of drug-likeness (QED) is 0.370. The number of rotatable bonds is 8. The maximum absolute atomic E-state index is 12.5. The van der Waals surface area contributed by atoms with Crippen molar-refractivity contribution in [2.24, 2.45) is 4.99 Å². The molecule has 0 saturated carbocycles. The van der Waals surface area contributed by atoms with Crippen molar-refractivity contribution in [1.82, 2.24) is 16.0 Å². The Bertz CT molecular complexity index is 559. The number of carbonyl (C=O) groups excluding carboxylic acids is 1. The topological polar surface area (TPSA) is 74.8 Å². The highest BCUT2D eigenvalue weighted by atomic mass is 19.4. The fourth-order valence-corrected chi connectivity index (χ4v) is 1.93. The molecule has 0 aromatic heterocycles. The van der Waals surface area contributed by atoms with E-state index in [4.69, 9.17) is 4.74 Å². The van der Waals surface area contributed by atoms with Gasteiger partial charge in [-0.2, -0.15) is 13.2 Å². The Morgan fingerprint density at radius 1 is 1.12 bits per heavy atom. The van der Waals surface area contributed by atoms with E-state index in [1.807, 2.05) is 0 Å². The zero-order valence-electron chi connectivity index (χ0n) is 14.2. The maximum Gasteiger partial charge on any atom is 0.416 e. The summed E-state index contributed by atoms with van der Waals surface area (Å²) in [6.45, 7) is 1.39. The van der Waals surface area contributed by atoms with Crippen LogP contribution in [0.5, 0.6) is 0 Å². The van der Waals surface area contributed by atoms with E-state index in [0.29, 0.717) is 32.1 Å². The van der Waals surface area contributed by atoms with Crippen LogP contribution < -0.4 is 16.0 Å². The first kappa shape index (κ1) is 20.8. The summed E-state index contributed by atoms with van der Waals surface area (Å²) < 4.78 is 42.3. The van der Waals surface area contributed by atoms with Gasteiger partial charge in [-0.05, 0) is 24.1 Å². The fourth-order valence-electron chi connectivity index (χ4n) is 1.93. The van der Waals surface area contributed by atoms with Crippen molar-refractivity contribution < 1.29 is 22.7 Å². The normalized spacial score (nSPS) is 12.0. The number of methoxy groups -OCH3 is 1. The zero-order valence-corrected chi connectivity index (χ0v) is 14.2. The highest BCUT2D eigenvalue weighted by molar-refractivity contribution is 5.86. The first-order valence-corrected chi connectivity index (χ1v) is 7.73. The van der Waals surface area contributed by atoms with Crippen LogP contribution in [0.25, 0.3) is 0 Å². The molecule has 0 spiro atoms. The van der Waals surface area contributed by atoms with E-state index in [0.717, 1.165) is 17.7 Å². The summed E-state index contributed by atoms with van der Waals surface area (Å²) in [7, 11) is 3.11. The predicted octanol–water partition coefficient (Wildman–Crippen LogP) is 1.18. The molecule has 9 heteroatoms. The number of alkyl halides is 3. The molecule has 6 nitrogen and oxygen atoms in total. The van der Waals surface area contributed by atoms with Crippen molar-refractivity contribution in [3.8, 4) is 0 Å². The van der Waals surface area contributed by atoms with Crippen LogP contribution in [-0.4, -0.2) is 52.3 Å². The average molecular weight is 360 g/mol. The van der Waals surface area contributed by atoms with E-state index in [1.54, 1.807) is 14.2 Å². The molecule has 0 fully saturated rings. The molecule has 0 atom stereocenters. The molecular formula is C16H23F3N4O2. The minimum absolute atomic E-state index is 0.0592. The Kier molecular flexibility index (Phi) is 8.76. The summed E-state index contributed by atoms with van der Waals surface area (Å²) in [4.78, 5) is 15.5. The molecule has 1 amide bonds. The highest BCUT2D eigenvalue weighted by Gasteiger charge is 2.29. The minimum atomic E-state index is -4.33. The van der Waals surface area contributed by atoms with Gasteiger partial charge in [-0.25, -0.2) is 0 Å². The van der Waals surface area contributed by atoms with Crippen LogP contribution in [0.3, 0.4) is 0 Å². The summed E-state index contributed by atoms with van der Waals surface area (Å²) in [5.74, 6) is 0.247. The molecule has 0 radical (unpaired) electrons. The van der Waals surface area contributed by atoms with Crippen LogP contribution >= 0.6 is 0 Å². The number of benzene rings is 1. The van der Waals surface area contributed by atoms with Gasteiger partial charge in [-0.3, -0.25) is 9.79 Å². The average Bonchev–Trinajstić information content (AvgIpc) is 2.57. The van der Waals surface area contributed by atoms with Crippen molar-refractivity contribution in [3.05, 3.63) is 35.4 Å². The van der Waals surface area contributed by atoms with E-state index in [-0.39, 0.29) is 12.5 Å². The second kappa shape index (κ2) is 10.5. The van der Waals surface area contributed by atoms with Gasteiger partial charge >= 0.3 is 6.18 Å². The van der Waals surface area contributed by atoms with Gasteiger partial charge in [0.15, 0.2) is 5.96 Å². The van der Waals surface area contributed by atoms with Crippen molar-refractivity contribution in [3.63, 3.8) is 0 Å². The number of ether oxygens (including phenoxy) is 1. The molecule has 0 saturated heterocycles. The first-order valence-electron chi connectivity index (χ1n) is 7.73. The molecule has 0 heterocycles. The van der Waals surface area contributed by atoms with Crippen LogP contribution in [0.15, 0.2) is 29.3 Å². The SMILES string of the molecule is CN=C(NCCc1ccc(C(F)(F)F)cc1)NCC(=O)NCCOC. The molecule has 0 bridgehead atoms. The van der Waals surface area contributed by atoms with Gasteiger partial charge in [0.1, 0.15) is 0 Å². The number of guanidine groups is 1. The molecule has 140 valence electrons. The Morgan fingerprint density at radius 3 is 2.36 bits per heavy atom. The molecule has 0 aliphatic heterocycles. The first-order chi connectivity index (χ1) is 11.9. The number of amides is 1. The standard InChI is InChI=1S/C16H23F3N4O2/c1-20-15(23-11-14(24)21-9-10-25-2)22-8-7-12-3-5-13(6-4-12)16(17,18)19/h3-6H,7-11H2,1-2H3,(H,21,24)(H2,20,22,23). The fraction of sp³-hybridized carbons (Fsp3) is 0.500. The van der Waals surface area contributed by atoms with Gasteiger partial charge in [0.05, 0.1) is 18.7 Å². The van der Waals surface area contributed by atoms with Crippen LogP contribution in [0, 0.1) is 0 Å². The Balaban J connectivity index is 2.32. The van der Waals surface area contributed by atoms with E-state index in [9.17, 15) is 18.0 Å². The number of nitrogens with zero attached hydrogens (tertiary/aromatic N) is 1. The number of nitrogens with one attached hydrogen (secondary N) is 3. The van der Waals surface area contributed by atoms with Gasteiger partial charge in [0.25, 0.3) is 0 Å². The van der Waals surface area contributed by atoms with Gasteiger partial charge in [0, 0.05) is 27.2 Å². The summed E-state index contributed by atoms with van der Waals surface area (Å²) >= 11 is 0. The van der Waals surface area contributed by atoms with E-state index < -0.39 is 11.7 Å². The van der Waals surface area contributed by atoms with Crippen molar-refractivity contribution >= 4 is 11.9 Å². The lowest BCUT2D eigenvalue weighted by atomic mass is 10.1. The van der Waals surface area contributed by atoms with Crippen molar-refractivity contribution in [1.29, 1.82) is 0 Å². The summed E-state index contributed by atoms with van der Waals surface area (Å²) in [6, 6.07) is 5.02. The number of aliphatic imine (C=N–C) groups is 1. The summed E-state index contributed by atoms with van der Waals surface area (Å²) in [5, 5.41) is 8.51. The van der Waals surface area contributed by atoms with Gasteiger partial charge in [-0.1, -0.05) is 12.1 Å². The second-order valence-corrected chi connectivity index (χ2v) is 5.14. The molecule has 0 aliphatic carbocycles. The minimum Gasteiger partial charge on any atom is -0.383 e. The number of hydrogen-bond donors (Lipinski definition) is 3. The third-order valence-corrected chi connectivity index (χ3v) is 3.26. The second-order valence-electron chi connectivity index (χ2n) is 5.14. The third-order valence-electron chi connectivity index (χ3n) is 3.26. The molecule has 0 unspecified atom stereocenters. The van der Waals surface area contributed by atoms with Crippen LogP contribution in [-0.2, 0) is 22.1 Å². The van der Waals surface area contributed by atoms with Crippen LogP contribution in [0.4, 0.5) is 13.2 Å². The van der Waals surface area contributed by atoms with Crippen LogP contribution in [0.1, 0.15) is 11.1 Å². The lowest BCUT2D eigenvalue weighted by Gasteiger charge is -2.12. The molecule has 25 heavy (non-hydrogen) atoms. The Morgan fingerprint density at radius 2 is 1.80 bits per heavy atom. The van der Waals surface area contributed by atoms with Gasteiger partial charge in [0.2, 0.25) is 5.91 Å². The number of halogens is 3. The van der Waals surface area contributed by atoms with E-state index in [1.165, 1.54) is 12.1 Å². The molecule has 1 aromatic rings. The van der Waals surface area contributed by atoms with Crippen molar-refractivity contribution in [2.45, 2.75) is 12.6 Å². The number of carbonyl (C=O) groups is 1. The number of hydrogen-bond acceptors (Lipinski definition) is 3. The smallest absolute Gasteiger partial charge is 0.383 e. The lowest BCUT2D eigenvalue weighted by Crippen LogP contribution is -2.44. The van der Waals surface area contributed by atoms with Gasteiger partial charge < -0.3 is 20.7 Å². The summed E-state index contributed by atoms with van der Waals surface area (Å²) in [6.07, 6.45) is -3.80. The monoisotopic (exact) mass is 360 g/mol. The van der Waals surface area contributed by atoms with Gasteiger partial charge in [-0.15, -0.1) is 0 Å². The Hall–Kier alpha value is -2.29. The van der Waals surface area contributed by atoms with E-state index >= 15 is 0 Å². The van der Waals surface area contributed by atoms with E-state index in [2.05, 4.69) is 20.9 Å². The molecule has 1 rings (SSSR count). The highest BCUT2D eigenvalue weighted by Crippen LogP contribution is 2.29. The molecule has 3 N–H and O–H groups in total. The largest absolute Gasteiger partial charge is 0.416 e. The predicted molar refractivity (Wildman–Crippen MR) is 89.4 cm³/mol. The van der Waals surface area contributed by atoms with Crippen molar-refractivity contribution in [2.75, 3.05) is 40.4 Å². The lowest BCUT2D eigenvalue weighted by molar-refractivity contribution is -0.137. The summed E-state index contributed by atoms with van der Waals surface area (Å²) in [5.41, 5.74) is 0.106. The molecule has 1 aromatic carbocycles. The maximum atomic E-state index is 12.5. The zero-order chi connectivity index (χ0) is 18.7. The molecular weight excluding hydrogens is 337 g/mol. The third kappa shape index (κ3) is 8.39. The Labute approximate surface area is 144 Å².